The smallest absolute Gasteiger partial charge is 0.305 e. The molecule has 4 heteroatoms. The molecular weight excluding hydrogens is 364 g/mol. The van der Waals surface area contributed by atoms with Crippen LogP contribution in [0.3, 0.4) is 0 Å². The predicted octanol–water partition coefficient (Wildman–Crippen LogP) is 7.52. The molecule has 0 aliphatic heterocycles. The standard InChI is InChI=1S/C25H48O4/c1-3-5-7-8-9-10-11-12-13-14-15-16-18-23-29-25(27)21-19-20-24(26)28-22-17-6-4-2/h3-23H2,1-2H3. The number of rotatable bonds is 22. The highest BCUT2D eigenvalue weighted by molar-refractivity contribution is 5.72. The van der Waals surface area contributed by atoms with Gasteiger partial charge in [-0.05, 0) is 19.3 Å². The van der Waals surface area contributed by atoms with Gasteiger partial charge in [0.25, 0.3) is 0 Å². The predicted molar refractivity (Wildman–Crippen MR) is 121 cm³/mol. The monoisotopic (exact) mass is 412 g/mol. The van der Waals surface area contributed by atoms with E-state index in [2.05, 4.69) is 13.8 Å². The number of hydrogen-bond donors (Lipinski definition) is 0. The molecule has 0 fully saturated rings. The molecule has 0 rings (SSSR count). The Morgan fingerprint density at radius 2 is 0.759 bits per heavy atom. The Morgan fingerprint density at radius 1 is 0.448 bits per heavy atom. The highest BCUT2D eigenvalue weighted by atomic mass is 16.5. The summed E-state index contributed by atoms with van der Waals surface area (Å²) in [6.45, 7) is 5.39. The van der Waals surface area contributed by atoms with E-state index in [9.17, 15) is 9.59 Å². The minimum absolute atomic E-state index is 0.192. The Balaban J connectivity index is 3.24. The lowest BCUT2D eigenvalue weighted by atomic mass is 10.0. The van der Waals surface area contributed by atoms with Crippen LogP contribution in [0.1, 0.15) is 136 Å². The van der Waals surface area contributed by atoms with Gasteiger partial charge in [-0.2, -0.15) is 0 Å². The van der Waals surface area contributed by atoms with Crippen LogP contribution in [0.15, 0.2) is 0 Å². The van der Waals surface area contributed by atoms with Crippen molar-refractivity contribution in [1.29, 1.82) is 0 Å². The normalized spacial score (nSPS) is 10.8. The van der Waals surface area contributed by atoms with Crippen molar-refractivity contribution in [2.24, 2.45) is 0 Å². The molecule has 0 aromatic carbocycles. The molecule has 0 bridgehead atoms. The average Bonchev–Trinajstić information content (AvgIpc) is 2.71. The number of unbranched alkanes of at least 4 members (excludes halogenated alkanes) is 14. The molecule has 0 spiro atoms. The van der Waals surface area contributed by atoms with Gasteiger partial charge in [-0.25, -0.2) is 0 Å². The summed E-state index contributed by atoms with van der Waals surface area (Å²) in [5.74, 6) is -0.395. The van der Waals surface area contributed by atoms with Gasteiger partial charge in [0.1, 0.15) is 0 Å². The van der Waals surface area contributed by atoms with Gasteiger partial charge in [0, 0.05) is 12.8 Å². The zero-order valence-corrected chi connectivity index (χ0v) is 19.5. The summed E-state index contributed by atoms with van der Waals surface area (Å²) in [5, 5.41) is 0. The molecule has 0 atom stereocenters. The van der Waals surface area contributed by atoms with E-state index in [-0.39, 0.29) is 11.9 Å². The van der Waals surface area contributed by atoms with E-state index in [0.717, 1.165) is 32.1 Å². The molecular formula is C25H48O4. The average molecular weight is 413 g/mol. The first kappa shape index (κ1) is 27.9. The molecule has 29 heavy (non-hydrogen) atoms. The molecule has 172 valence electrons. The summed E-state index contributed by atoms with van der Waals surface area (Å²) in [5.41, 5.74) is 0. The van der Waals surface area contributed by atoms with Crippen LogP contribution in [-0.2, 0) is 19.1 Å². The Hall–Kier alpha value is -1.06. The van der Waals surface area contributed by atoms with E-state index in [1.807, 2.05) is 0 Å². The largest absolute Gasteiger partial charge is 0.466 e. The van der Waals surface area contributed by atoms with E-state index in [4.69, 9.17) is 9.47 Å². The van der Waals surface area contributed by atoms with Gasteiger partial charge in [0.2, 0.25) is 0 Å². The van der Waals surface area contributed by atoms with Crippen molar-refractivity contribution < 1.29 is 19.1 Å². The Bertz CT molecular complexity index is 368. The molecule has 0 unspecified atom stereocenters. The van der Waals surface area contributed by atoms with Crippen molar-refractivity contribution in [2.75, 3.05) is 13.2 Å². The maximum atomic E-state index is 11.7. The van der Waals surface area contributed by atoms with Crippen LogP contribution in [0.4, 0.5) is 0 Å². The quantitative estimate of drug-likeness (QED) is 0.136. The fraction of sp³-hybridized carbons (Fsp3) is 0.920. The van der Waals surface area contributed by atoms with Gasteiger partial charge in [-0.1, -0.05) is 104 Å². The van der Waals surface area contributed by atoms with Gasteiger partial charge >= 0.3 is 11.9 Å². The Kier molecular flexibility index (Phi) is 22.4. The molecule has 0 saturated heterocycles. The fourth-order valence-corrected chi connectivity index (χ4v) is 3.37. The molecule has 0 aromatic rings. The summed E-state index contributed by atoms with van der Waals surface area (Å²) in [7, 11) is 0. The van der Waals surface area contributed by atoms with Gasteiger partial charge in [0.05, 0.1) is 13.2 Å². The molecule has 0 aliphatic rings. The third kappa shape index (κ3) is 23.1. The second kappa shape index (κ2) is 23.2. The van der Waals surface area contributed by atoms with Crippen LogP contribution < -0.4 is 0 Å². The molecule has 0 aromatic heterocycles. The SMILES string of the molecule is CCCCCCCCCCCCCCCOC(=O)CCCC(=O)OCCCCC. The number of carbonyl (C=O) groups excluding carboxylic acids is 2. The van der Waals surface area contributed by atoms with Gasteiger partial charge in [0.15, 0.2) is 0 Å². The third-order valence-electron chi connectivity index (χ3n) is 5.28. The van der Waals surface area contributed by atoms with Crippen LogP contribution in [0.25, 0.3) is 0 Å². The maximum Gasteiger partial charge on any atom is 0.305 e. The Morgan fingerprint density at radius 3 is 1.17 bits per heavy atom. The van der Waals surface area contributed by atoms with Gasteiger partial charge < -0.3 is 9.47 Å². The van der Waals surface area contributed by atoms with Crippen molar-refractivity contribution in [1.82, 2.24) is 0 Å². The first-order valence-electron chi connectivity index (χ1n) is 12.5. The molecule has 0 heterocycles. The van der Waals surface area contributed by atoms with Gasteiger partial charge in [-0.15, -0.1) is 0 Å². The lowest BCUT2D eigenvalue weighted by Gasteiger charge is -2.06. The first-order chi connectivity index (χ1) is 14.2. The van der Waals surface area contributed by atoms with Crippen molar-refractivity contribution >= 4 is 11.9 Å². The van der Waals surface area contributed by atoms with E-state index in [1.165, 1.54) is 70.6 Å². The number of esters is 2. The fourth-order valence-electron chi connectivity index (χ4n) is 3.37. The number of carbonyl (C=O) groups is 2. The summed E-state index contributed by atoms with van der Waals surface area (Å²) in [6.07, 6.45) is 21.3. The molecule has 0 N–H and O–H groups in total. The van der Waals surface area contributed by atoms with Crippen molar-refractivity contribution in [2.45, 2.75) is 136 Å². The van der Waals surface area contributed by atoms with E-state index in [1.54, 1.807) is 0 Å². The maximum absolute atomic E-state index is 11.7. The summed E-state index contributed by atoms with van der Waals surface area (Å²) in [4.78, 5) is 23.2. The minimum atomic E-state index is -0.203. The second-order valence-electron chi connectivity index (χ2n) is 8.24. The minimum Gasteiger partial charge on any atom is -0.466 e. The van der Waals surface area contributed by atoms with Crippen LogP contribution in [-0.4, -0.2) is 25.2 Å². The van der Waals surface area contributed by atoms with Crippen LogP contribution in [0.2, 0.25) is 0 Å². The summed E-state index contributed by atoms with van der Waals surface area (Å²) < 4.78 is 10.4. The topological polar surface area (TPSA) is 52.6 Å². The highest BCUT2D eigenvalue weighted by Gasteiger charge is 2.07. The Labute approximate surface area is 180 Å². The van der Waals surface area contributed by atoms with Crippen LogP contribution in [0.5, 0.6) is 0 Å². The molecule has 0 saturated carbocycles. The zero-order chi connectivity index (χ0) is 21.4. The first-order valence-corrected chi connectivity index (χ1v) is 12.5. The highest BCUT2D eigenvalue weighted by Crippen LogP contribution is 2.12. The second-order valence-corrected chi connectivity index (χ2v) is 8.24. The van der Waals surface area contributed by atoms with Crippen molar-refractivity contribution in [3.05, 3.63) is 0 Å². The molecule has 0 radical (unpaired) electrons. The molecule has 0 aliphatic carbocycles. The molecule has 4 nitrogen and oxygen atoms in total. The number of ether oxygens (including phenoxy) is 2. The lowest BCUT2D eigenvalue weighted by molar-refractivity contribution is -0.145. The van der Waals surface area contributed by atoms with Gasteiger partial charge in [-0.3, -0.25) is 9.59 Å². The lowest BCUT2D eigenvalue weighted by Crippen LogP contribution is -2.09. The van der Waals surface area contributed by atoms with Crippen molar-refractivity contribution in [3.8, 4) is 0 Å². The summed E-state index contributed by atoms with van der Waals surface area (Å²) >= 11 is 0. The third-order valence-corrected chi connectivity index (χ3v) is 5.28. The van der Waals surface area contributed by atoms with E-state index < -0.39 is 0 Å². The van der Waals surface area contributed by atoms with E-state index in [0.29, 0.717) is 32.5 Å². The zero-order valence-electron chi connectivity index (χ0n) is 19.5. The summed E-state index contributed by atoms with van der Waals surface area (Å²) in [6, 6.07) is 0. The van der Waals surface area contributed by atoms with Crippen molar-refractivity contribution in [3.63, 3.8) is 0 Å². The van der Waals surface area contributed by atoms with E-state index >= 15 is 0 Å². The van der Waals surface area contributed by atoms with Crippen LogP contribution in [0, 0.1) is 0 Å². The van der Waals surface area contributed by atoms with Crippen LogP contribution >= 0.6 is 0 Å². The number of hydrogen-bond acceptors (Lipinski definition) is 4. The molecule has 0 amide bonds.